The second-order valence-electron chi connectivity index (χ2n) is 7.75. The summed E-state index contributed by atoms with van der Waals surface area (Å²) in [7, 11) is 3.62. The van der Waals surface area contributed by atoms with Gasteiger partial charge in [0.1, 0.15) is 5.69 Å². The molecule has 0 radical (unpaired) electrons. The number of nitrogens with one attached hydrogen (secondary N) is 2. The molecule has 1 amide bonds. The van der Waals surface area contributed by atoms with E-state index < -0.39 is 0 Å². The molecule has 0 unspecified atom stereocenters. The molecular weight excluding hydrogens is 410 g/mol. The largest absolute Gasteiger partial charge is 0.346 e. The molecule has 0 atom stereocenters. The summed E-state index contributed by atoms with van der Waals surface area (Å²) in [4.78, 5) is 27.6. The number of carbonyl (C=O) groups is 1. The smallest absolute Gasteiger partial charge is 0.268 e. The molecule has 0 aliphatic heterocycles. The van der Waals surface area contributed by atoms with Crippen molar-refractivity contribution < 1.29 is 4.79 Å². The van der Waals surface area contributed by atoms with Crippen molar-refractivity contribution in [3.05, 3.63) is 75.1 Å². The van der Waals surface area contributed by atoms with E-state index in [0.29, 0.717) is 11.3 Å². The Bertz CT molecular complexity index is 1360. The maximum atomic E-state index is 12.9. The van der Waals surface area contributed by atoms with Gasteiger partial charge in [0.05, 0.1) is 11.7 Å². The zero-order valence-electron chi connectivity index (χ0n) is 18.2. The molecule has 0 fully saturated rings. The lowest BCUT2D eigenvalue weighted by molar-refractivity contribution is 0.0942. The van der Waals surface area contributed by atoms with Crippen molar-refractivity contribution in [3.8, 4) is 0 Å². The quantitative estimate of drug-likeness (QED) is 0.502. The van der Waals surface area contributed by atoms with Crippen molar-refractivity contribution in [1.29, 1.82) is 0 Å². The number of amides is 1. The van der Waals surface area contributed by atoms with Crippen molar-refractivity contribution >= 4 is 28.6 Å². The lowest BCUT2D eigenvalue weighted by Crippen LogP contribution is -2.31. The topological polar surface area (TPSA) is 84.7 Å². The highest BCUT2D eigenvalue weighted by molar-refractivity contribution is 7.99. The van der Waals surface area contributed by atoms with Crippen molar-refractivity contribution in [2.45, 2.75) is 37.1 Å². The Labute approximate surface area is 184 Å². The highest BCUT2D eigenvalue weighted by Crippen LogP contribution is 2.33. The number of aromatic amines is 1. The molecule has 4 aromatic rings. The first-order chi connectivity index (χ1) is 14.8. The van der Waals surface area contributed by atoms with E-state index in [1.165, 1.54) is 0 Å². The van der Waals surface area contributed by atoms with Crippen LogP contribution in [-0.4, -0.2) is 25.2 Å². The summed E-state index contributed by atoms with van der Waals surface area (Å²) >= 11 is 1.61. The molecule has 0 aliphatic carbocycles. The van der Waals surface area contributed by atoms with Gasteiger partial charge in [-0.2, -0.15) is 5.10 Å². The average Bonchev–Trinajstić information content (AvgIpc) is 3.31. The Kier molecular flexibility index (Phi) is 5.49. The Morgan fingerprint density at radius 3 is 2.68 bits per heavy atom. The van der Waals surface area contributed by atoms with Crippen LogP contribution in [0, 0.1) is 20.8 Å². The first-order valence-electron chi connectivity index (χ1n) is 9.98. The van der Waals surface area contributed by atoms with Gasteiger partial charge in [-0.15, -0.1) is 0 Å². The van der Waals surface area contributed by atoms with Gasteiger partial charge in [0.15, 0.2) is 0 Å². The molecule has 3 heterocycles. The molecule has 0 bridgehead atoms. The molecule has 0 saturated carbocycles. The van der Waals surface area contributed by atoms with Gasteiger partial charge in [-0.25, -0.2) is 0 Å². The van der Waals surface area contributed by atoms with Crippen LogP contribution in [0.3, 0.4) is 0 Å². The molecule has 1 aromatic carbocycles. The van der Waals surface area contributed by atoms with Gasteiger partial charge in [0, 0.05) is 52.8 Å². The molecule has 0 aliphatic rings. The number of benzene rings is 1. The maximum absolute atomic E-state index is 12.9. The van der Waals surface area contributed by atoms with Crippen LogP contribution in [0.25, 0.3) is 10.9 Å². The lowest BCUT2D eigenvalue weighted by Gasteiger charge is -2.12. The fourth-order valence-corrected chi connectivity index (χ4v) is 4.64. The summed E-state index contributed by atoms with van der Waals surface area (Å²) in [6.45, 7) is 5.98. The van der Waals surface area contributed by atoms with Gasteiger partial charge >= 0.3 is 0 Å². The molecule has 2 N–H and O–H groups in total. The van der Waals surface area contributed by atoms with E-state index in [0.717, 1.165) is 37.6 Å². The number of H-pyrrole nitrogens is 1. The summed E-state index contributed by atoms with van der Waals surface area (Å²) in [5.74, 6) is -0.204. The molecule has 160 valence electrons. The number of hydrogen-bond acceptors (Lipinski definition) is 4. The number of aromatic nitrogens is 4. The predicted molar refractivity (Wildman–Crippen MR) is 123 cm³/mol. The third-order valence-corrected chi connectivity index (χ3v) is 6.90. The van der Waals surface area contributed by atoms with E-state index in [4.69, 9.17) is 0 Å². The van der Waals surface area contributed by atoms with E-state index >= 15 is 0 Å². The highest BCUT2D eigenvalue weighted by atomic mass is 32.2. The summed E-state index contributed by atoms with van der Waals surface area (Å²) < 4.78 is 3.49. The second-order valence-corrected chi connectivity index (χ2v) is 8.87. The number of fused-ring (bicyclic) bond motifs is 1. The fraction of sp³-hybridized carbons (Fsp3) is 0.261. The summed E-state index contributed by atoms with van der Waals surface area (Å²) in [5.41, 5.74) is 4.87. The predicted octanol–water partition coefficient (Wildman–Crippen LogP) is 3.61. The number of pyridine rings is 1. The molecule has 3 aromatic heterocycles. The van der Waals surface area contributed by atoms with Crippen LogP contribution in [0.4, 0.5) is 0 Å². The van der Waals surface area contributed by atoms with E-state index in [1.807, 2.05) is 56.7 Å². The monoisotopic (exact) mass is 435 g/mol. The highest BCUT2D eigenvalue weighted by Gasteiger charge is 2.17. The number of carbonyl (C=O) groups excluding carboxylic acids is 1. The Balaban J connectivity index is 1.54. The third-order valence-electron chi connectivity index (χ3n) is 5.78. The van der Waals surface area contributed by atoms with Crippen molar-refractivity contribution in [2.75, 3.05) is 0 Å². The van der Waals surface area contributed by atoms with Crippen molar-refractivity contribution in [1.82, 2.24) is 24.6 Å². The van der Waals surface area contributed by atoms with Gasteiger partial charge < -0.3 is 14.5 Å². The van der Waals surface area contributed by atoms with Crippen LogP contribution in [0.5, 0.6) is 0 Å². The van der Waals surface area contributed by atoms with Gasteiger partial charge in [0.2, 0.25) is 0 Å². The van der Waals surface area contributed by atoms with Gasteiger partial charge in [-0.1, -0.05) is 11.8 Å². The molecule has 8 heteroatoms. The van der Waals surface area contributed by atoms with Crippen LogP contribution in [0.2, 0.25) is 0 Å². The minimum absolute atomic E-state index is 0.0771. The summed E-state index contributed by atoms with van der Waals surface area (Å²) in [6, 6.07) is 9.97. The summed E-state index contributed by atoms with van der Waals surface area (Å²) in [5, 5.41) is 11.0. The normalized spacial score (nSPS) is 11.3. The van der Waals surface area contributed by atoms with Gasteiger partial charge in [-0.3, -0.25) is 14.7 Å². The molecule has 0 spiro atoms. The lowest BCUT2D eigenvalue weighted by atomic mass is 10.1. The number of hydrogen-bond donors (Lipinski definition) is 2. The fourth-order valence-electron chi connectivity index (χ4n) is 3.61. The van der Waals surface area contributed by atoms with Crippen LogP contribution in [-0.2, 0) is 20.6 Å². The van der Waals surface area contributed by atoms with E-state index in [1.54, 1.807) is 29.6 Å². The molecule has 31 heavy (non-hydrogen) atoms. The van der Waals surface area contributed by atoms with Crippen molar-refractivity contribution in [3.63, 3.8) is 0 Å². The first-order valence-corrected chi connectivity index (χ1v) is 10.8. The number of aryl methyl sites for hydroxylation is 2. The van der Waals surface area contributed by atoms with Gasteiger partial charge in [0.25, 0.3) is 11.5 Å². The third kappa shape index (κ3) is 3.90. The second kappa shape index (κ2) is 8.11. The van der Waals surface area contributed by atoms with E-state index in [-0.39, 0.29) is 18.0 Å². The minimum atomic E-state index is -0.204. The Hall–Kier alpha value is -3.26. The SMILES string of the molecule is Cc1cc(C)n(C)c(=O)c1CNC(=O)c1cc(Sc2ccc3[nH]ncc3c2)c(C)n1C. The summed E-state index contributed by atoms with van der Waals surface area (Å²) in [6.07, 6.45) is 1.80. The van der Waals surface area contributed by atoms with Crippen LogP contribution >= 0.6 is 11.8 Å². The van der Waals surface area contributed by atoms with Crippen LogP contribution in [0.15, 0.2) is 51.1 Å². The zero-order chi connectivity index (χ0) is 22.3. The zero-order valence-corrected chi connectivity index (χ0v) is 19.1. The van der Waals surface area contributed by atoms with Crippen LogP contribution < -0.4 is 10.9 Å². The standard InChI is InChI=1S/C23H25N5O2S/c1-13-8-14(2)27(4)23(30)18(13)12-24-22(29)20-10-21(15(3)28(20)5)31-17-6-7-19-16(9-17)11-25-26-19/h6-11H,12H2,1-5H3,(H,24,29)(H,25,26). The van der Waals surface area contributed by atoms with Gasteiger partial charge in [-0.05, 0) is 56.7 Å². The molecular formula is C23H25N5O2S. The molecule has 0 saturated heterocycles. The first kappa shape index (κ1) is 21.0. The Morgan fingerprint density at radius 2 is 1.90 bits per heavy atom. The van der Waals surface area contributed by atoms with E-state index in [2.05, 4.69) is 21.6 Å². The van der Waals surface area contributed by atoms with E-state index in [9.17, 15) is 9.59 Å². The number of rotatable bonds is 5. The number of nitrogens with zero attached hydrogens (tertiary/aromatic N) is 3. The van der Waals surface area contributed by atoms with Crippen molar-refractivity contribution in [2.24, 2.45) is 14.1 Å². The average molecular weight is 436 g/mol. The maximum Gasteiger partial charge on any atom is 0.268 e. The van der Waals surface area contributed by atoms with Crippen LogP contribution in [0.1, 0.15) is 33.0 Å². The Morgan fingerprint density at radius 1 is 1.13 bits per heavy atom. The molecule has 4 rings (SSSR count). The minimum Gasteiger partial charge on any atom is -0.346 e. The molecule has 7 nitrogen and oxygen atoms in total.